The highest BCUT2D eigenvalue weighted by atomic mass is 35.5. The van der Waals surface area contributed by atoms with Crippen LogP contribution in [0.2, 0.25) is 5.02 Å². The van der Waals surface area contributed by atoms with Crippen LogP contribution in [0.15, 0.2) is 30.7 Å². The minimum Gasteiger partial charge on any atom is -0.370 e. The fourth-order valence-electron chi connectivity index (χ4n) is 1.49. The molecule has 5 heteroatoms. The number of pyridine rings is 1. The van der Waals surface area contributed by atoms with Crippen LogP contribution >= 0.6 is 11.6 Å². The predicted molar refractivity (Wildman–Crippen MR) is 69.4 cm³/mol. The second-order valence-corrected chi connectivity index (χ2v) is 4.27. The van der Waals surface area contributed by atoms with Crippen molar-refractivity contribution in [2.75, 3.05) is 11.9 Å². The van der Waals surface area contributed by atoms with Crippen LogP contribution in [-0.2, 0) is 6.54 Å². The third kappa shape index (κ3) is 3.46. The van der Waals surface area contributed by atoms with Gasteiger partial charge in [-0.2, -0.15) is 5.10 Å². The van der Waals surface area contributed by atoms with Crippen molar-refractivity contribution in [3.8, 4) is 0 Å². The van der Waals surface area contributed by atoms with E-state index in [0.717, 1.165) is 24.3 Å². The summed E-state index contributed by atoms with van der Waals surface area (Å²) in [4.78, 5) is 4.33. The van der Waals surface area contributed by atoms with E-state index in [1.807, 2.05) is 18.3 Å². The summed E-state index contributed by atoms with van der Waals surface area (Å²) in [5, 5.41) is 8.01. The van der Waals surface area contributed by atoms with Gasteiger partial charge in [0.1, 0.15) is 5.82 Å². The molecule has 0 atom stereocenters. The van der Waals surface area contributed by atoms with E-state index in [4.69, 9.17) is 11.6 Å². The summed E-state index contributed by atoms with van der Waals surface area (Å²) < 4.78 is 1.79. The Morgan fingerprint density at radius 2 is 2.24 bits per heavy atom. The van der Waals surface area contributed by atoms with Crippen molar-refractivity contribution in [1.82, 2.24) is 14.8 Å². The first-order valence-electron chi connectivity index (χ1n) is 5.64. The third-order valence-corrected chi connectivity index (χ3v) is 2.52. The highest BCUT2D eigenvalue weighted by molar-refractivity contribution is 6.30. The number of aromatic nitrogens is 3. The van der Waals surface area contributed by atoms with Gasteiger partial charge in [-0.15, -0.1) is 0 Å². The van der Waals surface area contributed by atoms with Crippen molar-refractivity contribution in [3.63, 3.8) is 0 Å². The largest absolute Gasteiger partial charge is 0.370 e. The van der Waals surface area contributed by atoms with Gasteiger partial charge >= 0.3 is 0 Å². The lowest BCUT2D eigenvalue weighted by Crippen LogP contribution is -2.03. The first-order chi connectivity index (χ1) is 8.28. The Morgan fingerprint density at radius 3 is 2.82 bits per heavy atom. The van der Waals surface area contributed by atoms with E-state index in [2.05, 4.69) is 22.3 Å². The molecule has 0 saturated heterocycles. The average Bonchev–Trinajstić information content (AvgIpc) is 2.74. The van der Waals surface area contributed by atoms with E-state index >= 15 is 0 Å². The second kappa shape index (κ2) is 5.68. The van der Waals surface area contributed by atoms with Crippen LogP contribution in [0, 0.1) is 0 Å². The van der Waals surface area contributed by atoms with E-state index in [1.165, 1.54) is 0 Å². The van der Waals surface area contributed by atoms with Crippen molar-refractivity contribution < 1.29 is 0 Å². The molecule has 1 N–H and O–H groups in total. The highest BCUT2D eigenvalue weighted by Crippen LogP contribution is 2.09. The van der Waals surface area contributed by atoms with Crippen LogP contribution in [-0.4, -0.2) is 21.3 Å². The van der Waals surface area contributed by atoms with Crippen molar-refractivity contribution in [2.24, 2.45) is 0 Å². The van der Waals surface area contributed by atoms with E-state index in [9.17, 15) is 0 Å². The van der Waals surface area contributed by atoms with Gasteiger partial charge in [0.2, 0.25) is 0 Å². The van der Waals surface area contributed by atoms with Crippen LogP contribution in [0.1, 0.15) is 18.9 Å². The standard InChI is InChI=1S/C12H15ClN4/c1-2-5-14-12-4-3-10(6-15-12)8-17-9-11(13)7-16-17/h3-4,6-7,9H,2,5,8H2,1H3,(H,14,15). The predicted octanol–water partition coefficient (Wildman–Crippen LogP) is 2.80. The maximum Gasteiger partial charge on any atom is 0.125 e. The summed E-state index contributed by atoms with van der Waals surface area (Å²) >= 11 is 5.80. The molecule has 0 saturated carbocycles. The molecule has 0 radical (unpaired) electrons. The zero-order chi connectivity index (χ0) is 12.1. The van der Waals surface area contributed by atoms with Gasteiger partial charge in [-0.05, 0) is 18.1 Å². The summed E-state index contributed by atoms with van der Waals surface area (Å²) in [5.74, 6) is 0.911. The van der Waals surface area contributed by atoms with Gasteiger partial charge in [-0.25, -0.2) is 4.98 Å². The molecule has 0 unspecified atom stereocenters. The third-order valence-electron chi connectivity index (χ3n) is 2.33. The van der Waals surface area contributed by atoms with Crippen LogP contribution < -0.4 is 5.32 Å². The Balaban J connectivity index is 1.98. The Bertz CT molecular complexity index is 464. The fourth-order valence-corrected chi connectivity index (χ4v) is 1.64. The number of halogens is 1. The van der Waals surface area contributed by atoms with E-state index in [0.29, 0.717) is 11.6 Å². The summed E-state index contributed by atoms with van der Waals surface area (Å²) in [6.07, 6.45) is 6.37. The van der Waals surface area contributed by atoms with Gasteiger partial charge in [0.05, 0.1) is 17.8 Å². The molecule has 2 aromatic heterocycles. The SMILES string of the molecule is CCCNc1ccc(Cn2cc(Cl)cn2)cn1. The molecule has 2 heterocycles. The zero-order valence-electron chi connectivity index (χ0n) is 9.73. The highest BCUT2D eigenvalue weighted by Gasteiger charge is 1.99. The van der Waals surface area contributed by atoms with Gasteiger partial charge in [0.25, 0.3) is 0 Å². The van der Waals surface area contributed by atoms with Gasteiger partial charge in [-0.1, -0.05) is 24.6 Å². The lowest BCUT2D eigenvalue weighted by atomic mass is 10.3. The average molecular weight is 251 g/mol. The second-order valence-electron chi connectivity index (χ2n) is 3.83. The first kappa shape index (κ1) is 11.9. The molecule has 17 heavy (non-hydrogen) atoms. The molecule has 0 aliphatic rings. The summed E-state index contributed by atoms with van der Waals surface area (Å²) in [6, 6.07) is 4.02. The minimum absolute atomic E-state index is 0.652. The molecule has 0 aliphatic heterocycles. The molecular formula is C12H15ClN4. The molecule has 0 aliphatic carbocycles. The van der Waals surface area contributed by atoms with Crippen molar-refractivity contribution >= 4 is 17.4 Å². The number of anilines is 1. The van der Waals surface area contributed by atoms with Crippen LogP contribution in [0.25, 0.3) is 0 Å². The molecule has 4 nitrogen and oxygen atoms in total. The summed E-state index contributed by atoms with van der Waals surface area (Å²) in [6.45, 7) is 3.76. The van der Waals surface area contributed by atoms with Gasteiger partial charge < -0.3 is 5.32 Å². The Labute approximate surface area is 106 Å². The molecule has 2 rings (SSSR count). The molecule has 0 fully saturated rings. The van der Waals surface area contributed by atoms with E-state index in [1.54, 1.807) is 17.1 Å². The number of nitrogens with zero attached hydrogens (tertiary/aromatic N) is 3. The fraction of sp³-hybridized carbons (Fsp3) is 0.333. The maximum atomic E-state index is 5.80. The molecule has 2 aromatic rings. The van der Waals surface area contributed by atoms with E-state index in [-0.39, 0.29) is 0 Å². The zero-order valence-corrected chi connectivity index (χ0v) is 10.5. The molecule has 0 bridgehead atoms. The lowest BCUT2D eigenvalue weighted by molar-refractivity contribution is 0.685. The van der Waals surface area contributed by atoms with Crippen molar-refractivity contribution in [1.29, 1.82) is 0 Å². The number of hydrogen-bond acceptors (Lipinski definition) is 3. The Morgan fingerprint density at radius 1 is 1.35 bits per heavy atom. The van der Waals surface area contributed by atoms with Crippen molar-refractivity contribution in [3.05, 3.63) is 41.3 Å². The number of rotatable bonds is 5. The topological polar surface area (TPSA) is 42.7 Å². The Kier molecular flexibility index (Phi) is 3.98. The molecule has 0 amide bonds. The molecular weight excluding hydrogens is 236 g/mol. The van der Waals surface area contributed by atoms with Crippen LogP contribution in [0.4, 0.5) is 5.82 Å². The van der Waals surface area contributed by atoms with E-state index < -0.39 is 0 Å². The lowest BCUT2D eigenvalue weighted by Gasteiger charge is -2.05. The first-order valence-corrected chi connectivity index (χ1v) is 6.02. The molecule has 0 spiro atoms. The van der Waals surface area contributed by atoms with Crippen molar-refractivity contribution in [2.45, 2.75) is 19.9 Å². The monoisotopic (exact) mass is 250 g/mol. The Hall–Kier alpha value is -1.55. The number of nitrogens with one attached hydrogen (secondary N) is 1. The van der Waals surface area contributed by atoms with Gasteiger partial charge in [0, 0.05) is 18.9 Å². The smallest absolute Gasteiger partial charge is 0.125 e. The normalized spacial score (nSPS) is 10.5. The molecule has 90 valence electrons. The van der Waals surface area contributed by atoms with Gasteiger partial charge in [0.15, 0.2) is 0 Å². The van der Waals surface area contributed by atoms with Gasteiger partial charge in [-0.3, -0.25) is 4.68 Å². The maximum absolute atomic E-state index is 5.80. The quantitative estimate of drug-likeness (QED) is 0.887. The number of hydrogen-bond donors (Lipinski definition) is 1. The summed E-state index contributed by atoms with van der Waals surface area (Å²) in [7, 11) is 0. The van der Waals surface area contributed by atoms with Crippen LogP contribution in [0.3, 0.4) is 0 Å². The minimum atomic E-state index is 0.652. The molecule has 0 aromatic carbocycles. The van der Waals surface area contributed by atoms with Crippen LogP contribution in [0.5, 0.6) is 0 Å². The summed E-state index contributed by atoms with van der Waals surface area (Å²) in [5.41, 5.74) is 1.10.